The van der Waals surface area contributed by atoms with Gasteiger partial charge in [-0.1, -0.05) is 42.5 Å². The number of nitrogens with zero attached hydrogens (tertiary/aromatic N) is 5. The van der Waals surface area contributed by atoms with Gasteiger partial charge in [-0.2, -0.15) is 4.98 Å². The van der Waals surface area contributed by atoms with Gasteiger partial charge >= 0.3 is 0 Å². The zero-order valence-corrected chi connectivity index (χ0v) is 18.0. The molecular formula is C23H34N6. The van der Waals surface area contributed by atoms with Gasteiger partial charge in [-0.05, 0) is 39.5 Å². The van der Waals surface area contributed by atoms with Gasteiger partial charge in [-0.15, -0.1) is 0 Å². The fraction of sp³-hybridized carbons (Fsp3) is 0.478. The van der Waals surface area contributed by atoms with Crippen LogP contribution in [0, 0.1) is 6.92 Å². The summed E-state index contributed by atoms with van der Waals surface area (Å²) < 4.78 is 0. The van der Waals surface area contributed by atoms with Crippen LogP contribution in [0.5, 0.6) is 0 Å². The van der Waals surface area contributed by atoms with Crippen LogP contribution in [0.15, 0.2) is 42.5 Å². The Morgan fingerprint density at radius 1 is 1.07 bits per heavy atom. The van der Waals surface area contributed by atoms with E-state index in [1.54, 1.807) is 0 Å². The minimum atomic E-state index is 0.743. The maximum absolute atomic E-state index is 4.76. The molecule has 0 saturated carbocycles. The molecule has 2 heterocycles. The summed E-state index contributed by atoms with van der Waals surface area (Å²) in [6, 6.07) is 12.6. The van der Waals surface area contributed by atoms with Gasteiger partial charge in [0.25, 0.3) is 0 Å². The monoisotopic (exact) mass is 394 g/mol. The van der Waals surface area contributed by atoms with E-state index in [4.69, 9.17) is 4.98 Å². The standard InChI is InChI=1S/C23H34N6/c1-20-19-22(26-23(25-20)24-12-8-13-27(2)3)29-17-15-28(16-18-29)14-7-11-21-9-5-4-6-10-21/h4-7,9-11,19H,8,12-18H2,1-3H3,(H,24,25,26)/b11-7+. The fourth-order valence-corrected chi connectivity index (χ4v) is 3.45. The lowest BCUT2D eigenvalue weighted by molar-refractivity contribution is 0.283. The van der Waals surface area contributed by atoms with Gasteiger partial charge in [0.2, 0.25) is 5.95 Å². The maximum atomic E-state index is 4.76. The highest BCUT2D eigenvalue weighted by Gasteiger charge is 2.18. The molecule has 1 aromatic heterocycles. The Morgan fingerprint density at radius 3 is 2.55 bits per heavy atom. The quantitative estimate of drug-likeness (QED) is 0.660. The van der Waals surface area contributed by atoms with Crippen molar-refractivity contribution in [1.82, 2.24) is 19.8 Å². The number of hydrogen-bond acceptors (Lipinski definition) is 6. The van der Waals surface area contributed by atoms with Crippen LogP contribution >= 0.6 is 0 Å². The summed E-state index contributed by atoms with van der Waals surface area (Å²) in [6.07, 6.45) is 5.54. The number of benzene rings is 1. The van der Waals surface area contributed by atoms with Crippen molar-refractivity contribution in [2.24, 2.45) is 0 Å². The average molecular weight is 395 g/mol. The average Bonchev–Trinajstić information content (AvgIpc) is 2.72. The number of rotatable bonds is 9. The molecule has 0 radical (unpaired) electrons. The molecule has 0 atom stereocenters. The van der Waals surface area contributed by atoms with Gasteiger partial charge in [0.05, 0.1) is 0 Å². The van der Waals surface area contributed by atoms with Crippen molar-refractivity contribution in [2.45, 2.75) is 13.3 Å². The molecule has 1 aliphatic heterocycles. The van der Waals surface area contributed by atoms with Crippen LogP contribution in [0.3, 0.4) is 0 Å². The maximum Gasteiger partial charge on any atom is 0.224 e. The molecule has 6 nitrogen and oxygen atoms in total. The van der Waals surface area contributed by atoms with Crippen LogP contribution in [0.1, 0.15) is 17.7 Å². The Labute approximate surface area is 175 Å². The van der Waals surface area contributed by atoms with Crippen molar-refractivity contribution in [3.05, 3.63) is 53.7 Å². The van der Waals surface area contributed by atoms with Crippen LogP contribution in [0.2, 0.25) is 0 Å². The fourth-order valence-electron chi connectivity index (χ4n) is 3.45. The molecule has 0 bridgehead atoms. The van der Waals surface area contributed by atoms with Crippen molar-refractivity contribution in [1.29, 1.82) is 0 Å². The molecular weight excluding hydrogens is 360 g/mol. The first-order chi connectivity index (χ1) is 14.1. The lowest BCUT2D eigenvalue weighted by atomic mass is 10.2. The van der Waals surface area contributed by atoms with E-state index in [-0.39, 0.29) is 0 Å². The molecule has 1 saturated heterocycles. The zero-order chi connectivity index (χ0) is 20.5. The van der Waals surface area contributed by atoms with Gasteiger partial charge in [-0.25, -0.2) is 4.98 Å². The topological polar surface area (TPSA) is 47.5 Å². The van der Waals surface area contributed by atoms with Crippen LogP contribution in [0.4, 0.5) is 11.8 Å². The zero-order valence-electron chi connectivity index (χ0n) is 18.0. The molecule has 1 fully saturated rings. The van der Waals surface area contributed by atoms with Crippen LogP contribution < -0.4 is 10.2 Å². The predicted molar refractivity (Wildman–Crippen MR) is 123 cm³/mol. The Balaban J connectivity index is 1.47. The third-order valence-corrected chi connectivity index (χ3v) is 5.08. The van der Waals surface area contributed by atoms with Crippen molar-refractivity contribution in [3.63, 3.8) is 0 Å². The molecule has 6 heteroatoms. The molecule has 1 N–H and O–H groups in total. The third-order valence-electron chi connectivity index (χ3n) is 5.08. The smallest absolute Gasteiger partial charge is 0.224 e. The summed E-state index contributed by atoms with van der Waals surface area (Å²) in [7, 11) is 4.19. The molecule has 156 valence electrons. The molecule has 0 aliphatic carbocycles. The Bertz CT molecular complexity index is 766. The highest BCUT2D eigenvalue weighted by molar-refractivity contribution is 5.49. The van der Waals surface area contributed by atoms with Gasteiger partial charge < -0.3 is 15.1 Å². The molecule has 3 rings (SSSR count). The van der Waals surface area contributed by atoms with E-state index < -0.39 is 0 Å². The first-order valence-electron chi connectivity index (χ1n) is 10.5. The second-order valence-corrected chi connectivity index (χ2v) is 7.88. The molecule has 1 aromatic carbocycles. The summed E-state index contributed by atoms with van der Waals surface area (Å²) in [5.74, 6) is 1.78. The van der Waals surface area contributed by atoms with Crippen molar-refractivity contribution >= 4 is 17.8 Å². The van der Waals surface area contributed by atoms with Gasteiger partial charge in [0.15, 0.2) is 0 Å². The number of hydrogen-bond donors (Lipinski definition) is 1. The first-order valence-corrected chi connectivity index (χ1v) is 10.5. The number of anilines is 2. The SMILES string of the molecule is Cc1cc(N2CCN(C/C=C/c3ccccc3)CC2)nc(NCCCN(C)C)n1. The summed E-state index contributed by atoms with van der Waals surface area (Å²) in [6.45, 7) is 9.08. The highest BCUT2D eigenvalue weighted by atomic mass is 15.3. The second kappa shape index (κ2) is 10.9. The van der Waals surface area contributed by atoms with Gasteiger partial charge in [0.1, 0.15) is 5.82 Å². The van der Waals surface area contributed by atoms with E-state index in [0.29, 0.717) is 0 Å². The highest BCUT2D eigenvalue weighted by Crippen LogP contribution is 2.17. The summed E-state index contributed by atoms with van der Waals surface area (Å²) in [4.78, 5) is 16.4. The molecule has 2 aromatic rings. The Morgan fingerprint density at radius 2 is 1.83 bits per heavy atom. The lowest BCUT2D eigenvalue weighted by Crippen LogP contribution is -2.46. The van der Waals surface area contributed by atoms with Crippen LogP contribution in [0.25, 0.3) is 6.08 Å². The summed E-state index contributed by atoms with van der Waals surface area (Å²) in [5.41, 5.74) is 2.27. The number of aryl methyl sites for hydroxylation is 1. The second-order valence-electron chi connectivity index (χ2n) is 7.88. The van der Waals surface area contributed by atoms with Crippen LogP contribution in [-0.4, -0.2) is 79.7 Å². The third kappa shape index (κ3) is 7.15. The van der Waals surface area contributed by atoms with Crippen LogP contribution in [-0.2, 0) is 0 Å². The molecule has 0 amide bonds. The summed E-state index contributed by atoms with van der Waals surface area (Å²) in [5, 5.41) is 3.38. The first kappa shape index (κ1) is 21.3. The number of aromatic nitrogens is 2. The van der Waals surface area contributed by atoms with E-state index in [1.165, 1.54) is 5.56 Å². The number of nitrogens with one attached hydrogen (secondary N) is 1. The van der Waals surface area contributed by atoms with E-state index >= 15 is 0 Å². The number of piperazine rings is 1. The predicted octanol–water partition coefficient (Wildman–Crippen LogP) is 2.98. The van der Waals surface area contributed by atoms with E-state index in [2.05, 4.69) is 87.6 Å². The molecule has 29 heavy (non-hydrogen) atoms. The summed E-state index contributed by atoms with van der Waals surface area (Å²) >= 11 is 0. The normalized spacial score (nSPS) is 15.4. The Kier molecular flexibility index (Phi) is 8.02. The largest absolute Gasteiger partial charge is 0.354 e. The van der Waals surface area contributed by atoms with E-state index in [9.17, 15) is 0 Å². The van der Waals surface area contributed by atoms with E-state index in [1.807, 2.05) is 6.92 Å². The minimum Gasteiger partial charge on any atom is -0.354 e. The molecule has 1 aliphatic rings. The van der Waals surface area contributed by atoms with Gasteiger partial charge in [-0.3, -0.25) is 4.90 Å². The van der Waals surface area contributed by atoms with Crippen molar-refractivity contribution in [3.8, 4) is 0 Å². The van der Waals surface area contributed by atoms with Crippen molar-refractivity contribution < 1.29 is 0 Å². The minimum absolute atomic E-state index is 0.743. The molecule has 0 unspecified atom stereocenters. The lowest BCUT2D eigenvalue weighted by Gasteiger charge is -2.35. The van der Waals surface area contributed by atoms with E-state index in [0.717, 1.165) is 69.7 Å². The molecule has 0 spiro atoms. The van der Waals surface area contributed by atoms with Crippen molar-refractivity contribution in [2.75, 3.05) is 70.1 Å². The van der Waals surface area contributed by atoms with Gasteiger partial charge in [0, 0.05) is 51.0 Å². The Hall–Kier alpha value is -2.44.